The lowest BCUT2D eigenvalue weighted by molar-refractivity contribution is -0.141. The average molecular weight is 441 g/mol. The van der Waals surface area contributed by atoms with E-state index in [4.69, 9.17) is 27.6 Å². The monoisotopic (exact) mass is 440 g/mol. The van der Waals surface area contributed by atoms with E-state index in [9.17, 15) is 18.0 Å². The minimum absolute atomic E-state index is 0.110. The lowest BCUT2D eigenvalue weighted by Crippen LogP contribution is -2.17. The Morgan fingerprint density at radius 1 is 1.10 bits per heavy atom. The molecule has 0 saturated carbocycles. The van der Waals surface area contributed by atoms with E-state index < -0.39 is 23.5 Å². The number of carbonyl (C=O) groups excluding carboxylic acids is 1. The lowest BCUT2D eigenvalue weighted by Gasteiger charge is -2.08. The average Bonchev–Trinajstić information content (AvgIpc) is 3.25. The highest BCUT2D eigenvalue weighted by Crippen LogP contribution is 2.31. The number of halogens is 5. The second kappa shape index (κ2) is 7.09. The fourth-order valence-corrected chi connectivity index (χ4v) is 2.99. The molecule has 1 N–H and O–H groups in total. The summed E-state index contributed by atoms with van der Waals surface area (Å²) < 4.78 is 45.7. The second-order valence-corrected chi connectivity index (χ2v) is 6.70. The van der Waals surface area contributed by atoms with E-state index in [0.717, 1.165) is 4.68 Å². The van der Waals surface area contributed by atoms with E-state index in [1.807, 2.05) is 0 Å². The van der Waals surface area contributed by atoms with Gasteiger partial charge in [0.2, 0.25) is 0 Å². The van der Waals surface area contributed by atoms with Crippen LogP contribution in [0.5, 0.6) is 0 Å². The standard InChI is InChI=1S/C18H9Cl2F3N4O2/c19-9-5-6-14-11(7-9)24-17(29-14)25-16(28)13-8-15(18(21,22)23)26-27(13)12-4-2-1-3-10(12)20/h1-8H,(H,24,25,28). The van der Waals surface area contributed by atoms with Crippen LogP contribution in [0, 0.1) is 0 Å². The minimum Gasteiger partial charge on any atom is -0.423 e. The van der Waals surface area contributed by atoms with Crippen LogP contribution in [-0.2, 0) is 6.18 Å². The van der Waals surface area contributed by atoms with Crippen LogP contribution in [0.25, 0.3) is 16.8 Å². The van der Waals surface area contributed by atoms with Crippen molar-refractivity contribution in [3.05, 3.63) is 70.0 Å². The van der Waals surface area contributed by atoms with E-state index in [-0.39, 0.29) is 16.7 Å². The van der Waals surface area contributed by atoms with Crippen molar-refractivity contribution < 1.29 is 22.4 Å². The Hall–Kier alpha value is -3.04. The number of anilines is 1. The first-order chi connectivity index (χ1) is 13.7. The number of amides is 1. The van der Waals surface area contributed by atoms with Crippen molar-refractivity contribution in [3.8, 4) is 5.69 Å². The molecule has 11 heteroatoms. The Morgan fingerprint density at radius 3 is 2.59 bits per heavy atom. The van der Waals surface area contributed by atoms with Gasteiger partial charge in [0.05, 0.1) is 10.7 Å². The summed E-state index contributed by atoms with van der Waals surface area (Å²) in [5, 5.41) is 6.37. The molecule has 0 atom stereocenters. The van der Waals surface area contributed by atoms with Crippen LogP contribution in [-0.4, -0.2) is 20.7 Å². The molecule has 6 nitrogen and oxygen atoms in total. The first-order valence-electron chi connectivity index (χ1n) is 8.02. The highest BCUT2D eigenvalue weighted by atomic mass is 35.5. The molecule has 2 aromatic heterocycles. The number of alkyl halides is 3. The SMILES string of the molecule is O=C(Nc1nc2cc(Cl)ccc2o1)c1cc(C(F)(F)F)nn1-c1ccccc1Cl. The largest absolute Gasteiger partial charge is 0.435 e. The molecule has 4 rings (SSSR count). The van der Waals surface area contributed by atoms with Gasteiger partial charge in [-0.2, -0.15) is 23.3 Å². The van der Waals surface area contributed by atoms with Crippen molar-refractivity contribution in [3.63, 3.8) is 0 Å². The minimum atomic E-state index is -4.75. The van der Waals surface area contributed by atoms with Crippen molar-refractivity contribution in [2.75, 3.05) is 5.32 Å². The summed E-state index contributed by atoms with van der Waals surface area (Å²) >= 11 is 11.9. The molecular weight excluding hydrogens is 432 g/mol. The third-order valence-corrected chi connectivity index (χ3v) is 4.44. The number of aromatic nitrogens is 3. The van der Waals surface area contributed by atoms with Crippen LogP contribution in [0.4, 0.5) is 19.2 Å². The van der Waals surface area contributed by atoms with Gasteiger partial charge in [-0.05, 0) is 30.3 Å². The van der Waals surface area contributed by atoms with Crippen LogP contribution >= 0.6 is 23.2 Å². The quantitative estimate of drug-likeness (QED) is 0.450. The van der Waals surface area contributed by atoms with Crippen LogP contribution in [0.3, 0.4) is 0 Å². The van der Waals surface area contributed by atoms with E-state index >= 15 is 0 Å². The zero-order chi connectivity index (χ0) is 20.8. The predicted molar refractivity (Wildman–Crippen MR) is 101 cm³/mol. The smallest absolute Gasteiger partial charge is 0.423 e. The first kappa shape index (κ1) is 19.3. The van der Waals surface area contributed by atoms with Crippen molar-refractivity contribution >= 4 is 46.2 Å². The lowest BCUT2D eigenvalue weighted by atomic mass is 10.3. The van der Waals surface area contributed by atoms with E-state index in [2.05, 4.69) is 15.4 Å². The molecule has 148 valence electrons. The van der Waals surface area contributed by atoms with Gasteiger partial charge in [-0.25, -0.2) is 4.68 Å². The van der Waals surface area contributed by atoms with Gasteiger partial charge in [0.25, 0.3) is 5.91 Å². The molecule has 0 bridgehead atoms. The summed E-state index contributed by atoms with van der Waals surface area (Å²) in [5.41, 5.74) is -0.805. The zero-order valence-electron chi connectivity index (χ0n) is 14.2. The molecule has 4 aromatic rings. The summed E-state index contributed by atoms with van der Waals surface area (Å²) in [6.45, 7) is 0. The van der Waals surface area contributed by atoms with Gasteiger partial charge in [0.15, 0.2) is 11.3 Å². The number of carbonyl (C=O) groups is 1. The summed E-state index contributed by atoms with van der Waals surface area (Å²) in [5.74, 6) is -0.912. The molecule has 0 radical (unpaired) electrons. The third-order valence-electron chi connectivity index (χ3n) is 3.88. The van der Waals surface area contributed by atoms with Crippen molar-refractivity contribution in [1.29, 1.82) is 0 Å². The van der Waals surface area contributed by atoms with Crippen LogP contribution in [0.2, 0.25) is 10.0 Å². The second-order valence-electron chi connectivity index (χ2n) is 5.86. The summed E-state index contributed by atoms with van der Waals surface area (Å²) in [4.78, 5) is 16.7. The maximum absolute atomic E-state index is 13.2. The van der Waals surface area contributed by atoms with Crippen LogP contribution in [0.15, 0.2) is 52.9 Å². The van der Waals surface area contributed by atoms with Crippen LogP contribution < -0.4 is 5.32 Å². The van der Waals surface area contributed by atoms with Gasteiger partial charge in [-0.1, -0.05) is 35.3 Å². The van der Waals surface area contributed by atoms with Crippen LogP contribution in [0.1, 0.15) is 16.2 Å². The molecule has 2 aromatic carbocycles. The Morgan fingerprint density at radius 2 is 1.86 bits per heavy atom. The van der Waals surface area contributed by atoms with E-state index in [1.165, 1.54) is 18.2 Å². The molecule has 29 heavy (non-hydrogen) atoms. The van der Waals surface area contributed by atoms with Gasteiger partial charge >= 0.3 is 12.2 Å². The molecule has 0 aliphatic rings. The first-order valence-corrected chi connectivity index (χ1v) is 8.77. The molecule has 0 aliphatic heterocycles. The van der Waals surface area contributed by atoms with Crippen molar-refractivity contribution in [2.45, 2.75) is 6.18 Å². The van der Waals surface area contributed by atoms with E-state index in [1.54, 1.807) is 24.3 Å². The number of hydrogen-bond donors (Lipinski definition) is 1. The molecule has 2 heterocycles. The third kappa shape index (κ3) is 3.79. The molecule has 0 unspecified atom stereocenters. The predicted octanol–water partition coefficient (Wildman–Crippen LogP) is 5.59. The van der Waals surface area contributed by atoms with Gasteiger partial charge in [-0.15, -0.1) is 0 Å². The number of hydrogen-bond acceptors (Lipinski definition) is 4. The van der Waals surface area contributed by atoms with Crippen molar-refractivity contribution in [2.24, 2.45) is 0 Å². The van der Waals surface area contributed by atoms with Gasteiger partial charge in [0.1, 0.15) is 11.2 Å². The highest BCUT2D eigenvalue weighted by molar-refractivity contribution is 6.32. The maximum Gasteiger partial charge on any atom is 0.435 e. The molecular formula is C18H9Cl2F3N4O2. The Labute approximate surface area is 170 Å². The Kier molecular flexibility index (Phi) is 4.71. The number of para-hydroxylation sites is 1. The summed E-state index contributed by atoms with van der Waals surface area (Å²) in [6.07, 6.45) is -4.75. The normalized spacial score (nSPS) is 11.8. The van der Waals surface area contributed by atoms with E-state index in [0.29, 0.717) is 22.2 Å². The molecule has 0 aliphatic carbocycles. The topological polar surface area (TPSA) is 73.0 Å². The summed E-state index contributed by atoms with van der Waals surface area (Å²) in [7, 11) is 0. The molecule has 1 amide bonds. The number of nitrogens with one attached hydrogen (secondary N) is 1. The molecule has 0 saturated heterocycles. The fraction of sp³-hybridized carbons (Fsp3) is 0.0556. The van der Waals surface area contributed by atoms with Gasteiger partial charge in [0, 0.05) is 11.1 Å². The number of oxazole rings is 1. The number of benzene rings is 2. The Balaban J connectivity index is 1.75. The fourth-order valence-electron chi connectivity index (χ4n) is 2.60. The van der Waals surface area contributed by atoms with Crippen molar-refractivity contribution in [1.82, 2.24) is 14.8 Å². The maximum atomic E-state index is 13.2. The summed E-state index contributed by atoms with van der Waals surface area (Å²) in [6, 6.07) is 11.1. The number of rotatable bonds is 3. The Bertz CT molecular complexity index is 1230. The highest BCUT2D eigenvalue weighted by Gasteiger charge is 2.36. The zero-order valence-corrected chi connectivity index (χ0v) is 15.7. The number of fused-ring (bicyclic) bond motifs is 1. The molecule has 0 fully saturated rings. The van der Waals surface area contributed by atoms with Gasteiger partial charge < -0.3 is 4.42 Å². The van der Waals surface area contributed by atoms with Gasteiger partial charge in [-0.3, -0.25) is 10.1 Å². The molecule has 0 spiro atoms. The number of nitrogens with zero attached hydrogens (tertiary/aromatic N) is 3.